The summed E-state index contributed by atoms with van der Waals surface area (Å²) in [4.78, 5) is 15.2. The lowest BCUT2D eigenvalue weighted by Crippen LogP contribution is -2.35. The van der Waals surface area contributed by atoms with E-state index in [4.69, 9.17) is 11.6 Å². The maximum atomic E-state index is 11.6. The molecular weight excluding hydrogens is 376 g/mol. The number of fused-ring (bicyclic) bond motifs is 1. The smallest absolute Gasteiger partial charge is 0.329 e. The zero-order valence-electron chi connectivity index (χ0n) is 16.1. The first-order valence-corrected chi connectivity index (χ1v) is 9.42. The molecule has 146 valence electrons. The van der Waals surface area contributed by atoms with Crippen molar-refractivity contribution in [2.24, 2.45) is 0 Å². The van der Waals surface area contributed by atoms with Crippen LogP contribution in [0.3, 0.4) is 0 Å². The maximum absolute atomic E-state index is 11.6. The van der Waals surface area contributed by atoms with Crippen LogP contribution in [0.15, 0.2) is 48.5 Å². The van der Waals surface area contributed by atoms with Gasteiger partial charge in [-0.15, -0.1) is 0 Å². The molecule has 0 saturated carbocycles. The van der Waals surface area contributed by atoms with Gasteiger partial charge in [0.25, 0.3) is 0 Å². The summed E-state index contributed by atoms with van der Waals surface area (Å²) in [6, 6.07) is 15.4. The summed E-state index contributed by atoms with van der Waals surface area (Å²) in [5.74, 6) is 0. The number of para-hydroxylation sites is 1. The Morgan fingerprint density at radius 2 is 1.75 bits per heavy atom. The summed E-state index contributed by atoms with van der Waals surface area (Å²) in [6.45, 7) is 7.55. The molecule has 0 amide bonds. The van der Waals surface area contributed by atoms with E-state index >= 15 is 0 Å². The van der Waals surface area contributed by atoms with E-state index in [-0.39, 0.29) is 16.4 Å². The Balaban J connectivity index is 1.88. The number of nitrogens with zero attached hydrogens (tertiary/aromatic N) is 2. The molecule has 6 nitrogen and oxygen atoms in total. The van der Waals surface area contributed by atoms with Crippen LogP contribution in [-0.4, -0.2) is 15.4 Å². The number of aromatic nitrogens is 1. The molecule has 0 aliphatic carbocycles. The Bertz CT molecular complexity index is 1010. The molecule has 0 spiro atoms. The number of halogens is 1. The second-order valence-corrected chi connectivity index (χ2v) is 8.04. The molecule has 0 saturated heterocycles. The van der Waals surface area contributed by atoms with Crippen molar-refractivity contribution in [3.8, 4) is 0 Å². The van der Waals surface area contributed by atoms with Crippen LogP contribution in [0.1, 0.15) is 31.9 Å². The molecule has 1 aromatic heterocycles. The zero-order valence-corrected chi connectivity index (χ0v) is 16.9. The fraction of sp³-hybridized carbons (Fsp3) is 0.286. The van der Waals surface area contributed by atoms with Gasteiger partial charge in [0.15, 0.2) is 0 Å². The van der Waals surface area contributed by atoms with Crippen LogP contribution in [0.2, 0.25) is 5.15 Å². The first-order valence-electron chi connectivity index (χ1n) is 9.04. The van der Waals surface area contributed by atoms with E-state index in [1.165, 1.54) is 0 Å². The van der Waals surface area contributed by atoms with Crippen molar-refractivity contribution in [3.63, 3.8) is 0 Å². The van der Waals surface area contributed by atoms with Gasteiger partial charge in [-0.3, -0.25) is 10.1 Å². The van der Waals surface area contributed by atoms with Crippen LogP contribution < -0.4 is 10.6 Å². The number of hydrogen-bond donors (Lipinski definition) is 2. The van der Waals surface area contributed by atoms with Crippen molar-refractivity contribution in [1.29, 1.82) is 0 Å². The van der Waals surface area contributed by atoms with Gasteiger partial charge in [-0.2, -0.15) is 0 Å². The predicted octanol–water partition coefficient (Wildman–Crippen LogP) is 5.30. The van der Waals surface area contributed by atoms with Gasteiger partial charge in [-0.1, -0.05) is 54.1 Å². The monoisotopic (exact) mass is 398 g/mol. The first kappa shape index (κ1) is 20.0. The molecule has 3 aromatic rings. The second kappa shape index (κ2) is 8.12. The molecule has 0 bridgehead atoms. The van der Waals surface area contributed by atoms with Crippen molar-refractivity contribution in [2.75, 3.05) is 5.32 Å². The normalized spacial score (nSPS) is 11.6. The summed E-state index contributed by atoms with van der Waals surface area (Å²) in [5, 5.41) is 18.8. The maximum Gasteiger partial charge on any atom is 0.329 e. The van der Waals surface area contributed by atoms with Gasteiger partial charge < -0.3 is 10.6 Å². The van der Waals surface area contributed by atoms with Gasteiger partial charge in [-0.05, 0) is 38.0 Å². The minimum Gasteiger partial charge on any atom is -0.375 e. The number of hydrogen-bond acceptors (Lipinski definition) is 5. The number of anilines is 1. The van der Waals surface area contributed by atoms with Crippen molar-refractivity contribution in [3.05, 3.63) is 74.9 Å². The number of nitrogens with one attached hydrogen (secondary N) is 2. The number of pyridine rings is 1. The third-order valence-corrected chi connectivity index (χ3v) is 4.55. The molecule has 0 atom stereocenters. The fourth-order valence-corrected chi connectivity index (χ4v) is 3.18. The van der Waals surface area contributed by atoms with Crippen molar-refractivity contribution in [1.82, 2.24) is 10.3 Å². The molecule has 1 heterocycles. The first-order chi connectivity index (χ1) is 13.2. The Morgan fingerprint density at radius 1 is 1.07 bits per heavy atom. The summed E-state index contributed by atoms with van der Waals surface area (Å²) in [5.41, 5.74) is 3.01. The highest BCUT2D eigenvalue weighted by Crippen LogP contribution is 2.37. The number of nitro groups is 1. The zero-order chi connectivity index (χ0) is 20.3. The van der Waals surface area contributed by atoms with Crippen LogP contribution in [0.4, 0.5) is 11.4 Å². The van der Waals surface area contributed by atoms with Crippen molar-refractivity contribution in [2.45, 2.75) is 39.4 Å². The van der Waals surface area contributed by atoms with Gasteiger partial charge in [0.2, 0.25) is 5.15 Å². The lowest BCUT2D eigenvalue weighted by Gasteiger charge is -2.20. The van der Waals surface area contributed by atoms with E-state index in [2.05, 4.69) is 48.5 Å². The standard InChI is InChI=1S/C21H23ClN4O2/c1-21(2,3)24-13-15-8-6-7-14(11-15)12-23-18-16-9-4-5-10-17(16)25-20(22)19(18)26(27)28/h4-11,24H,12-13H2,1-3H3,(H,23,25). The Labute approximate surface area is 169 Å². The average molecular weight is 399 g/mol. The molecule has 0 aliphatic heterocycles. The Morgan fingerprint density at radius 3 is 2.43 bits per heavy atom. The topological polar surface area (TPSA) is 80.1 Å². The highest BCUT2D eigenvalue weighted by molar-refractivity contribution is 6.33. The molecule has 7 heteroatoms. The lowest BCUT2D eigenvalue weighted by molar-refractivity contribution is -0.384. The molecule has 0 fully saturated rings. The van der Waals surface area contributed by atoms with E-state index < -0.39 is 4.92 Å². The molecule has 0 aliphatic rings. The van der Waals surface area contributed by atoms with E-state index in [0.717, 1.165) is 17.7 Å². The molecule has 0 unspecified atom stereocenters. The van der Waals surface area contributed by atoms with Crippen LogP contribution >= 0.6 is 11.6 Å². The van der Waals surface area contributed by atoms with Gasteiger partial charge in [0.05, 0.1) is 10.4 Å². The SMILES string of the molecule is CC(C)(C)NCc1cccc(CNc2c([N+](=O)[O-])c(Cl)nc3ccccc23)c1. The lowest BCUT2D eigenvalue weighted by atomic mass is 10.1. The van der Waals surface area contributed by atoms with Crippen molar-refractivity contribution >= 4 is 33.9 Å². The van der Waals surface area contributed by atoms with E-state index in [0.29, 0.717) is 23.1 Å². The Kier molecular flexibility index (Phi) is 5.82. The second-order valence-electron chi connectivity index (χ2n) is 7.68. The summed E-state index contributed by atoms with van der Waals surface area (Å²) < 4.78 is 0. The minimum atomic E-state index is -0.492. The molecule has 2 N–H and O–H groups in total. The largest absolute Gasteiger partial charge is 0.375 e. The molecule has 28 heavy (non-hydrogen) atoms. The Hall–Kier alpha value is -2.70. The molecular formula is C21H23ClN4O2. The molecule has 2 aromatic carbocycles. The quantitative estimate of drug-likeness (QED) is 0.334. The van der Waals surface area contributed by atoms with Gasteiger partial charge >= 0.3 is 5.69 Å². The van der Waals surface area contributed by atoms with E-state index in [9.17, 15) is 10.1 Å². The third kappa shape index (κ3) is 4.77. The fourth-order valence-electron chi connectivity index (χ4n) is 2.92. The van der Waals surface area contributed by atoms with Crippen LogP contribution in [-0.2, 0) is 13.1 Å². The average Bonchev–Trinajstić information content (AvgIpc) is 2.63. The highest BCUT2D eigenvalue weighted by Gasteiger charge is 2.23. The number of rotatable bonds is 6. The van der Waals surface area contributed by atoms with E-state index in [1.807, 2.05) is 24.3 Å². The summed E-state index contributed by atoms with van der Waals surface area (Å²) in [7, 11) is 0. The molecule has 3 rings (SSSR count). The van der Waals surface area contributed by atoms with Gasteiger partial charge in [-0.25, -0.2) is 4.98 Å². The predicted molar refractivity (Wildman–Crippen MR) is 114 cm³/mol. The van der Waals surface area contributed by atoms with Crippen LogP contribution in [0, 0.1) is 10.1 Å². The summed E-state index contributed by atoms with van der Waals surface area (Å²) in [6.07, 6.45) is 0. The third-order valence-electron chi connectivity index (χ3n) is 4.29. The highest BCUT2D eigenvalue weighted by atomic mass is 35.5. The van der Waals surface area contributed by atoms with Crippen LogP contribution in [0.25, 0.3) is 10.9 Å². The van der Waals surface area contributed by atoms with Crippen molar-refractivity contribution < 1.29 is 4.92 Å². The number of benzene rings is 2. The van der Waals surface area contributed by atoms with Crippen LogP contribution in [0.5, 0.6) is 0 Å². The minimum absolute atomic E-state index is 0.0293. The molecule has 0 radical (unpaired) electrons. The van der Waals surface area contributed by atoms with E-state index in [1.54, 1.807) is 12.1 Å². The van der Waals surface area contributed by atoms with Gasteiger partial charge in [0.1, 0.15) is 5.69 Å². The summed E-state index contributed by atoms with van der Waals surface area (Å²) >= 11 is 6.09. The van der Waals surface area contributed by atoms with Gasteiger partial charge in [0, 0.05) is 24.0 Å².